The highest BCUT2D eigenvalue weighted by atomic mass is 32.1. The molecule has 6 heteroatoms. The van der Waals surface area contributed by atoms with Crippen molar-refractivity contribution >= 4 is 23.2 Å². The molecule has 3 N–H and O–H groups in total. The molecule has 1 aromatic heterocycles. The maximum absolute atomic E-state index is 11.8. The third-order valence-corrected chi connectivity index (χ3v) is 3.11. The molecule has 1 aromatic rings. The number of hydrogen-bond acceptors (Lipinski definition) is 4. The van der Waals surface area contributed by atoms with E-state index in [1.165, 1.54) is 23.3 Å². The molecule has 16 heavy (non-hydrogen) atoms. The van der Waals surface area contributed by atoms with E-state index in [4.69, 9.17) is 5.73 Å². The normalized spacial score (nSPS) is 11.9. The first-order valence-electron chi connectivity index (χ1n) is 4.80. The molecule has 0 saturated heterocycles. The molecule has 0 fully saturated rings. The number of amides is 2. The second-order valence-electron chi connectivity index (χ2n) is 3.36. The van der Waals surface area contributed by atoms with Gasteiger partial charge in [0.25, 0.3) is 0 Å². The first kappa shape index (κ1) is 12.7. The van der Waals surface area contributed by atoms with Crippen molar-refractivity contribution in [3.05, 3.63) is 22.4 Å². The predicted octanol–water partition coefficient (Wildman–Crippen LogP) is -0.0477. The summed E-state index contributed by atoms with van der Waals surface area (Å²) < 4.78 is 0. The van der Waals surface area contributed by atoms with E-state index in [2.05, 4.69) is 5.32 Å². The van der Waals surface area contributed by atoms with Crippen LogP contribution in [0.5, 0.6) is 0 Å². The van der Waals surface area contributed by atoms with Gasteiger partial charge in [0.1, 0.15) is 6.04 Å². The molecule has 0 radical (unpaired) electrons. The van der Waals surface area contributed by atoms with Crippen LogP contribution >= 0.6 is 11.3 Å². The van der Waals surface area contributed by atoms with Gasteiger partial charge in [-0.1, -0.05) is 6.07 Å². The molecule has 5 nitrogen and oxygen atoms in total. The second kappa shape index (κ2) is 5.62. The highest BCUT2D eigenvalue weighted by molar-refractivity contribution is 7.10. The summed E-state index contributed by atoms with van der Waals surface area (Å²) in [5, 5.41) is 4.32. The Kier molecular flexibility index (Phi) is 4.45. The Balaban J connectivity index is 2.60. The first-order valence-corrected chi connectivity index (χ1v) is 5.68. The molecule has 1 rings (SSSR count). The van der Waals surface area contributed by atoms with Gasteiger partial charge in [0.15, 0.2) is 0 Å². The van der Waals surface area contributed by atoms with Gasteiger partial charge in [-0.2, -0.15) is 0 Å². The van der Waals surface area contributed by atoms with Crippen LogP contribution < -0.4 is 11.1 Å². The molecule has 0 aliphatic rings. The zero-order chi connectivity index (χ0) is 12.1. The summed E-state index contributed by atoms with van der Waals surface area (Å²) in [7, 11) is 3.09. The summed E-state index contributed by atoms with van der Waals surface area (Å²) in [6.45, 7) is 0.0222. The maximum Gasteiger partial charge on any atom is 0.245 e. The molecule has 0 aromatic carbocycles. The van der Waals surface area contributed by atoms with E-state index in [0.29, 0.717) is 0 Å². The third kappa shape index (κ3) is 3.04. The zero-order valence-electron chi connectivity index (χ0n) is 9.27. The molecule has 0 spiro atoms. The summed E-state index contributed by atoms with van der Waals surface area (Å²) in [4.78, 5) is 25.0. The minimum atomic E-state index is -0.686. The van der Waals surface area contributed by atoms with Crippen LogP contribution in [-0.2, 0) is 9.59 Å². The lowest BCUT2D eigenvalue weighted by molar-refractivity contribution is -0.135. The van der Waals surface area contributed by atoms with Crippen LogP contribution in [0.15, 0.2) is 17.5 Å². The van der Waals surface area contributed by atoms with Gasteiger partial charge in [0, 0.05) is 19.0 Å². The molecule has 1 unspecified atom stereocenters. The van der Waals surface area contributed by atoms with Gasteiger partial charge in [0.2, 0.25) is 11.8 Å². The number of thiophene rings is 1. The molecular weight excluding hydrogens is 226 g/mol. The van der Waals surface area contributed by atoms with E-state index in [1.807, 2.05) is 11.4 Å². The highest BCUT2D eigenvalue weighted by Gasteiger charge is 2.21. The minimum Gasteiger partial charge on any atom is -0.358 e. The summed E-state index contributed by atoms with van der Waals surface area (Å²) >= 11 is 1.43. The van der Waals surface area contributed by atoms with E-state index in [1.54, 1.807) is 13.1 Å². The fraction of sp³-hybridized carbons (Fsp3) is 0.400. The number of nitrogens with zero attached hydrogens (tertiary/aromatic N) is 1. The fourth-order valence-corrected chi connectivity index (χ4v) is 1.92. The number of hydrogen-bond donors (Lipinski definition) is 2. The summed E-state index contributed by atoms with van der Waals surface area (Å²) in [5.41, 5.74) is 5.79. The molecule has 0 saturated carbocycles. The van der Waals surface area contributed by atoms with E-state index in [-0.39, 0.29) is 18.4 Å². The first-order chi connectivity index (χ1) is 7.56. The molecule has 1 heterocycles. The molecule has 0 bridgehead atoms. The number of rotatable bonds is 4. The summed E-state index contributed by atoms with van der Waals surface area (Å²) in [6.07, 6.45) is 0. The van der Waals surface area contributed by atoms with Gasteiger partial charge in [-0.15, -0.1) is 11.3 Å². The smallest absolute Gasteiger partial charge is 0.245 e. The van der Waals surface area contributed by atoms with Crippen LogP contribution in [0.25, 0.3) is 0 Å². The van der Waals surface area contributed by atoms with Crippen molar-refractivity contribution in [2.45, 2.75) is 6.04 Å². The van der Waals surface area contributed by atoms with Gasteiger partial charge < -0.3 is 16.0 Å². The highest BCUT2D eigenvalue weighted by Crippen LogP contribution is 2.18. The third-order valence-electron chi connectivity index (χ3n) is 2.15. The monoisotopic (exact) mass is 241 g/mol. The fourth-order valence-electron chi connectivity index (χ4n) is 1.20. The Labute approximate surface area is 98.2 Å². The van der Waals surface area contributed by atoms with Crippen molar-refractivity contribution in [3.8, 4) is 0 Å². The summed E-state index contributed by atoms with van der Waals surface area (Å²) in [5.74, 6) is -0.472. The predicted molar refractivity (Wildman–Crippen MR) is 63.0 cm³/mol. The Bertz CT molecular complexity index is 364. The van der Waals surface area contributed by atoms with Crippen LogP contribution in [-0.4, -0.2) is 37.4 Å². The van der Waals surface area contributed by atoms with Crippen LogP contribution in [0.4, 0.5) is 0 Å². The van der Waals surface area contributed by atoms with Crippen molar-refractivity contribution in [2.24, 2.45) is 5.73 Å². The largest absolute Gasteiger partial charge is 0.358 e. The SMILES string of the molecule is CNC(=O)CN(C)C(=O)C(N)c1cccs1. The quantitative estimate of drug-likeness (QED) is 0.776. The van der Waals surface area contributed by atoms with Crippen molar-refractivity contribution in [2.75, 3.05) is 20.6 Å². The van der Waals surface area contributed by atoms with E-state index in [9.17, 15) is 9.59 Å². The molecule has 1 atom stereocenters. The van der Waals surface area contributed by atoms with Gasteiger partial charge in [0.05, 0.1) is 6.54 Å². The number of likely N-dealkylation sites (N-methyl/N-ethyl adjacent to an activating group) is 2. The Morgan fingerprint density at radius 2 is 2.31 bits per heavy atom. The minimum absolute atomic E-state index is 0.0222. The molecular formula is C10H15N3O2S. The molecule has 0 aliphatic carbocycles. The topological polar surface area (TPSA) is 75.4 Å². The van der Waals surface area contributed by atoms with Gasteiger partial charge in [-0.05, 0) is 11.4 Å². The van der Waals surface area contributed by atoms with Gasteiger partial charge in [-0.25, -0.2) is 0 Å². The summed E-state index contributed by atoms with van der Waals surface area (Å²) in [6, 6.07) is 2.96. The zero-order valence-corrected chi connectivity index (χ0v) is 10.1. The molecule has 2 amide bonds. The van der Waals surface area contributed by atoms with Crippen molar-refractivity contribution in [1.82, 2.24) is 10.2 Å². The van der Waals surface area contributed by atoms with E-state index >= 15 is 0 Å². The van der Waals surface area contributed by atoms with Crippen LogP contribution in [0, 0.1) is 0 Å². The number of nitrogens with two attached hydrogens (primary N) is 1. The second-order valence-corrected chi connectivity index (χ2v) is 4.34. The van der Waals surface area contributed by atoms with Gasteiger partial charge >= 0.3 is 0 Å². The lowest BCUT2D eigenvalue weighted by atomic mass is 10.2. The van der Waals surface area contributed by atoms with E-state index in [0.717, 1.165) is 4.88 Å². The standard InChI is InChI=1S/C10H15N3O2S/c1-12-8(14)6-13(2)10(15)9(11)7-4-3-5-16-7/h3-5,9H,6,11H2,1-2H3,(H,12,14). The Morgan fingerprint density at radius 3 is 2.81 bits per heavy atom. The van der Waals surface area contributed by atoms with Crippen molar-refractivity contribution in [1.29, 1.82) is 0 Å². The number of carbonyl (C=O) groups excluding carboxylic acids is 2. The number of nitrogens with one attached hydrogen (secondary N) is 1. The van der Waals surface area contributed by atoms with Gasteiger partial charge in [-0.3, -0.25) is 9.59 Å². The van der Waals surface area contributed by atoms with Crippen molar-refractivity contribution in [3.63, 3.8) is 0 Å². The molecule has 88 valence electrons. The Morgan fingerprint density at radius 1 is 1.62 bits per heavy atom. The van der Waals surface area contributed by atoms with Crippen LogP contribution in [0.1, 0.15) is 10.9 Å². The van der Waals surface area contributed by atoms with Crippen molar-refractivity contribution < 1.29 is 9.59 Å². The Hall–Kier alpha value is -1.40. The average molecular weight is 241 g/mol. The lowest BCUT2D eigenvalue weighted by Crippen LogP contribution is -2.41. The van der Waals surface area contributed by atoms with Crippen LogP contribution in [0.3, 0.4) is 0 Å². The van der Waals surface area contributed by atoms with Crippen LogP contribution in [0.2, 0.25) is 0 Å². The number of carbonyl (C=O) groups is 2. The lowest BCUT2D eigenvalue weighted by Gasteiger charge is -2.19. The average Bonchev–Trinajstić information content (AvgIpc) is 2.80. The van der Waals surface area contributed by atoms with E-state index < -0.39 is 6.04 Å². The molecule has 0 aliphatic heterocycles. The maximum atomic E-state index is 11.8.